The molecule has 0 saturated heterocycles. The van der Waals surface area contributed by atoms with Crippen LogP contribution in [0.3, 0.4) is 0 Å². The Morgan fingerprint density at radius 2 is 2.23 bits per heavy atom. The number of amides is 1. The van der Waals surface area contributed by atoms with Gasteiger partial charge in [0.15, 0.2) is 11.6 Å². The van der Waals surface area contributed by atoms with Gasteiger partial charge < -0.3 is 11.1 Å². The maximum Gasteiger partial charge on any atom is 0.239 e. The fraction of sp³-hybridized carbons (Fsp3) is 0.143. The Labute approximate surface area is 125 Å². The van der Waals surface area contributed by atoms with Crippen LogP contribution in [0.15, 0.2) is 36.7 Å². The molecule has 3 rings (SSSR count). The van der Waals surface area contributed by atoms with Crippen LogP contribution < -0.4 is 11.1 Å². The average molecular weight is 300 g/mol. The minimum absolute atomic E-state index is 0.357. The van der Waals surface area contributed by atoms with E-state index in [1.165, 1.54) is 18.3 Å². The molecule has 22 heavy (non-hydrogen) atoms. The summed E-state index contributed by atoms with van der Waals surface area (Å²) in [5.41, 5.74) is 6.24. The van der Waals surface area contributed by atoms with Crippen molar-refractivity contribution >= 4 is 17.4 Å². The molecule has 0 aliphatic rings. The highest BCUT2D eigenvalue weighted by Gasteiger charge is 2.15. The Bertz CT molecular complexity index is 846. The first-order chi connectivity index (χ1) is 10.6. The molecule has 2 heterocycles. The number of carbonyl (C=O) groups excluding carboxylic acids is 1. The lowest BCUT2D eigenvalue weighted by atomic mass is 10.2. The van der Waals surface area contributed by atoms with E-state index >= 15 is 0 Å². The van der Waals surface area contributed by atoms with Crippen molar-refractivity contribution in [3.8, 4) is 11.4 Å². The Morgan fingerprint density at radius 3 is 2.95 bits per heavy atom. The molecule has 0 radical (unpaired) electrons. The van der Waals surface area contributed by atoms with Gasteiger partial charge in [-0.1, -0.05) is 12.1 Å². The van der Waals surface area contributed by atoms with Crippen molar-refractivity contribution in [3.63, 3.8) is 0 Å². The van der Waals surface area contributed by atoms with Gasteiger partial charge in [0.2, 0.25) is 11.6 Å². The summed E-state index contributed by atoms with van der Waals surface area (Å²) in [6.45, 7) is 1.62. The third-order valence-corrected chi connectivity index (χ3v) is 3.19. The predicted octanol–water partition coefficient (Wildman–Crippen LogP) is 1.22. The number of hydrogen-bond acceptors (Lipinski definition) is 5. The zero-order valence-corrected chi connectivity index (χ0v) is 11.7. The SMILES string of the molecule is C[C@@H](Nc1nccn2c(-c3cccc(F)c3)nnc12)C(N)=O. The first kappa shape index (κ1) is 13.9. The van der Waals surface area contributed by atoms with Gasteiger partial charge in [-0.05, 0) is 19.1 Å². The van der Waals surface area contributed by atoms with Gasteiger partial charge in [-0.25, -0.2) is 9.37 Å². The van der Waals surface area contributed by atoms with Crippen LogP contribution in [0.4, 0.5) is 10.2 Å². The highest BCUT2D eigenvalue weighted by Crippen LogP contribution is 2.21. The predicted molar refractivity (Wildman–Crippen MR) is 78.5 cm³/mol. The molecule has 7 nitrogen and oxygen atoms in total. The van der Waals surface area contributed by atoms with E-state index < -0.39 is 11.9 Å². The molecular formula is C14H13FN6O. The summed E-state index contributed by atoms with van der Waals surface area (Å²) < 4.78 is 15.0. The molecule has 1 aromatic carbocycles. The molecule has 2 aromatic heterocycles. The lowest BCUT2D eigenvalue weighted by Gasteiger charge is -2.11. The standard InChI is InChI=1S/C14H13FN6O/c1-8(11(16)22)18-12-14-20-19-13(21(14)6-5-17-12)9-3-2-4-10(15)7-9/h2-8H,1H3,(H2,16,22)(H,17,18)/t8-/m1/s1. The smallest absolute Gasteiger partial charge is 0.239 e. The van der Waals surface area contributed by atoms with Crippen molar-refractivity contribution in [1.82, 2.24) is 19.6 Å². The van der Waals surface area contributed by atoms with Gasteiger partial charge in [0.1, 0.15) is 11.9 Å². The maximum absolute atomic E-state index is 13.4. The van der Waals surface area contributed by atoms with Crippen LogP contribution in [-0.4, -0.2) is 31.5 Å². The molecule has 0 spiro atoms. The van der Waals surface area contributed by atoms with Gasteiger partial charge in [0.05, 0.1) is 0 Å². The fourth-order valence-electron chi connectivity index (χ4n) is 2.03. The van der Waals surface area contributed by atoms with Crippen molar-refractivity contribution in [1.29, 1.82) is 0 Å². The van der Waals surface area contributed by atoms with Crippen molar-refractivity contribution < 1.29 is 9.18 Å². The van der Waals surface area contributed by atoms with Crippen LogP contribution >= 0.6 is 0 Å². The highest BCUT2D eigenvalue weighted by molar-refractivity contribution is 5.83. The number of halogens is 1. The van der Waals surface area contributed by atoms with Crippen LogP contribution in [-0.2, 0) is 4.79 Å². The van der Waals surface area contributed by atoms with Gasteiger partial charge in [0, 0.05) is 18.0 Å². The molecule has 1 amide bonds. The Balaban J connectivity index is 2.07. The van der Waals surface area contributed by atoms with Crippen LogP contribution in [0.25, 0.3) is 17.0 Å². The molecule has 0 bridgehead atoms. The second-order valence-corrected chi connectivity index (χ2v) is 4.77. The molecule has 0 aliphatic heterocycles. The summed E-state index contributed by atoms with van der Waals surface area (Å²) in [6, 6.07) is 5.46. The zero-order valence-electron chi connectivity index (χ0n) is 11.7. The molecular weight excluding hydrogens is 287 g/mol. The maximum atomic E-state index is 13.4. The van der Waals surface area contributed by atoms with E-state index in [2.05, 4.69) is 20.5 Å². The van der Waals surface area contributed by atoms with E-state index in [4.69, 9.17) is 5.73 Å². The third kappa shape index (κ3) is 2.46. The van der Waals surface area contributed by atoms with Crippen molar-refractivity contribution in [3.05, 3.63) is 42.5 Å². The number of aromatic nitrogens is 4. The van der Waals surface area contributed by atoms with Crippen molar-refractivity contribution in [2.75, 3.05) is 5.32 Å². The van der Waals surface area contributed by atoms with E-state index in [9.17, 15) is 9.18 Å². The number of nitrogens with one attached hydrogen (secondary N) is 1. The van der Waals surface area contributed by atoms with E-state index in [0.29, 0.717) is 22.9 Å². The number of nitrogens with two attached hydrogens (primary N) is 1. The fourth-order valence-corrected chi connectivity index (χ4v) is 2.03. The third-order valence-electron chi connectivity index (χ3n) is 3.19. The number of benzene rings is 1. The first-order valence-electron chi connectivity index (χ1n) is 6.58. The Hall–Kier alpha value is -3.03. The van der Waals surface area contributed by atoms with E-state index in [0.717, 1.165) is 0 Å². The van der Waals surface area contributed by atoms with Crippen molar-refractivity contribution in [2.24, 2.45) is 5.73 Å². The van der Waals surface area contributed by atoms with E-state index in [1.54, 1.807) is 29.7 Å². The summed E-state index contributed by atoms with van der Waals surface area (Å²) in [7, 11) is 0. The van der Waals surface area contributed by atoms with E-state index in [-0.39, 0.29) is 5.82 Å². The van der Waals surface area contributed by atoms with Gasteiger partial charge in [-0.3, -0.25) is 9.20 Å². The lowest BCUT2D eigenvalue weighted by molar-refractivity contribution is -0.118. The second kappa shape index (κ2) is 5.40. The molecule has 0 fully saturated rings. The molecule has 8 heteroatoms. The number of nitrogens with zero attached hydrogens (tertiary/aromatic N) is 4. The summed E-state index contributed by atoms with van der Waals surface area (Å²) in [6.07, 6.45) is 3.20. The van der Waals surface area contributed by atoms with Crippen LogP contribution in [0.5, 0.6) is 0 Å². The number of hydrogen-bond donors (Lipinski definition) is 2. The monoisotopic (exact) mass is 300 g/mol. The Morgan fingerprint density at radius 1 is 1.41 bits per heavy atom. The number of fused-ring (bicyclic) bond motifs is 1. The van der Waals surface area contributed by atoms with Crippen molar-refractivity contribution in [2.45, 2.75) is 13.0 Å². The van der Waals surface area contributed by atoms with Gasteiger partial charge in [-0.2, -0.15) is 0 Å². The molecule has 0 saturated carbocycles. The Kier molecular flexibility index (Phi) is 3.42. The van der Waals surface area contributed by atoms with Gasteiger partial charge >= 0.3 is 0 Å². The summed E-state index contributed by atoms with van der Waals surface area (Å²) >= 11 is 0. The number of primary amides is 1. The van der Waals surface area contributed by atoms with Gasteiger partial charge in [0.25, 0.3) is 0 Å². The normalized spacial score (nSPS) is 12.3. The topological polar surface area (TPSA) is 98.2 Å². The van der Waals surface area contributed by atoms with Crippen LogP contribution in [0.2, 0.25) is 0 Å². The van der Waals surface area contributed by atoms with E-state index in [1.807, 2.05) is 0 Å². The van der Waals surface area contributed by atoms with Crippen LogP contribution in [0, 0.1) is 5.82 Å². The molecule has 3 aromatic rings. The molecule has 1 atom stereocenters. The minimum Gasteiger partial charge on any atom is -0.368 e. The molecule has 0 aliphatic carbocycles. The number of anilines is 1. The summed E-state index contributed by atoms with van der Waals surface area (Å²) in [5.74, 6) is -0.00620. The largest absolute Gasteiger partial charge is 0.368 e. The van der Waals surface area contributed by atoms with Crippen LogP contribution in [0.1, 0.15) is 6.92 Å². The van der Waals surface area contributed by atoms with Gasteiger partial charge in [-0.15, -0.1) is 10.2 Å². The number of rotatable bonds is 4. The lowest BCUT2D eigenvalue weighted by Crippen LogP contribution is -2.32. The second-order valence-electron chi connectivity index (χ2n) is 4.77. The quantitative estimate of drug-likeness (QED) is 0.755. The summed E-state index contributed by atoms with van der Waals surface area (Å²) in [4.78, 5) is 15.3. The number of carbonyl (C=O) groups is 1. The summed E-state index contributed by atoms with van der Waals surface area (Å²) in [5, 5.41) is 11.0. The highest BCUT2D eigenvalue weighted by atomic mass is 19.1. The zero-order chi connectivity index (χ0) is 15.7. The molecule has 3 N–H and O–H groups in total. The average Bonchev–Trinajstić information content (AvgIpc) is 2.92. The minimum atomic E-state index is -0.604. The molecule has 0 unspecified atom stereocenters. The first-order valence-corrected chi connectivity index (χ1v) is 6.58. The molecule has 112 valence electrons.